The summed E-state index contributed by atoms with van der Waals surface area (Å²) < 4.78 is 0. The van der Waals surface area contributed by atoms with Crippen LogP contribution < -0.4 is 4.90 Å². The highest BCUT2D eigenvalue weighted by atomic mass is 32.1. The number of hydrogen-bond donors (Lipinski definition) is 0. The summed E-state index contributed by atoms with van der Waals surface area (Å²) in [6.45, 7) is 6.78. The van der Waals surface area contributed by atoms with Crippen molar-refractivity contribution >= 4 is 22.6 Å². The number of rotatable bonds is 2. The average molecular weight is 376 g/mol. The predicted octanol–water partition coefficient (Wildman–Crippen LogP) is 5.49. The van der Waals surface area contributed by atoms with E-state index in [1.54, 1.807) is 11.3 Å². The minimum absolute atomic E-state index is 0.0834. The topological polar surface area (TPSA) is 39.9 Å². The molecule has 1 aliphatic heterocycles. The van der Waals surface area contributed by atoms with Crippen LogP contribution in [0.15, 0.2) is 42.1 Å². The lowest BCUT2D eigenvalue weighted by Gasteiger charge is -2.23. The van der Waals surface area contributed by atoms with Crippen molar-refractivity contribution in [1.82, 2.24) is 4.98 Å². The van der Waals surface area contributed by atoms with Crippen LogP contribution in [0.5, 0.6) is 0 Å². The molecule has 0 amide bonds. The van der Waals surface area contributed by atoms with E-state index in [1.165, 1.54) is 33.9 Å². The van der Waals surface area contributed by atoms with E-state index in [-0.39, 0.29) is 5.41 Å². The number of hydrogen-bond acceptors (Lipinski definition) is 4. The third-order valence-corrected chi connectivity index (χ3v) is 7.04. The summed E-state index contributed by atoms with van der Waals surface area (Å²) in [6, 6.07) is 10.9. The van der Waals surface area contributed by atoms with Crippen molar-refractivity contribution in [3.8, 4) is 6.07 Å². The highest BCUT2D eigenvalue weighted by Crippen LogP contribution is 2.46. The molecular formula is C23H25N3S. The van der Waals surface area contributed by atoms with Gasteiger partial charge in [-0.15, -0.1) is 11.3 Å². The van der Waals surface area contributed by atoms with Crippen LogP contribution in [-0.2, 0) is 18.3 Å². The Kier molecular flexibility index (Phi) is 4.44. The molecular weight excluding hydrogens is 350 g/mol. The fourth-order valence-corrected chi connectivity index (χ4v) is 5.52. The van der Waals surface area contributed by atoms with Crippen LogP contribution in [0, 0.1) is 17.2 Å². The van der Waals surface area contributed by atoms with Crippen LogP contribution in [0.25, 0.3) is 5.57 Å². The number of nitrogens with zero attached hydrogens (tertiary/aromatic N) is 3. The Morgan fingerprint density at radius 2 is 2.15 bits per heavy atom. The Balaban J connectivity index is 1.70. The number of allylic oxidation sites excluding steroid dienone is 4. The van der Waals surface area contributed by atoms with Gasteiger partial charge in [0.25, 0.3) is 0 Å². The molecule has 0 bridgehead atoms. The summed E-state index contributed by atoms with van der Waals surface area (Å²) in [7, 11) is 2.10. The van der Waals surface area contributed by atoms with Crippen molar-refractivity contribution in [2.45, 2.75) is 45.4 Å². The molecule has 138 valence electrons. The Bertz CT molecular complexity index is 987. The lowest BCUT2D eigenvalue weighted by Crippen LogP contribution is -2.22. The van der Waals surface area contributed by atoms with Crippen molar-refractivity contribution in [3.05, 3.63) is 63.3 Å². The first-order chi connectivity index (χ1) is 12.9. The number of benzene rings is 1. The smallest absolute Gasteiger partial charge is 0.134 e. The third kappa shape index (κ3) is 3.00. The Hall–Kier alpha value is -2.38. The number of nitriles is 1. The molecule has 4 heteroatoms. The summed E-state index contributed by atoms with van der Waals surface area (Å²) in [6.07, 6.45) is 7.38. The molecule has 2 aromatic rings. The van der Waals surface area contributed by atoms with Crippen molar-refractivity contribution in [2.75, 3.05) is 11.9 Å². The molecule has 1 aromatic heterocycles. The first-order valence-corrected chi connectivity index (χ1v) is 10.4. The molecule has 2 aliphatic rings. The van der Waals surface area contributed by atoms with Gasteiger partial charge in [-0.3, -0.25) is 0 Å². The molecule has 0 saturated heterocycles. The molecule has 1 aromatic carbocycles. The molecule has 2 heterocycles. The van der Waals surface area contributed by atoms with E-state index in [0.29, 0.717) is 11.5 Å². The van der Waals surface area contributed by atoms with Crippen LogP contribution >= 0.6 is 11.3 Å². The number of aryl methyl sites for hydroxylation is 1. The van der Waals surface area contributed by atoms with Crippen LogP contribution in [0.3, 0.4) is 0 Å². The standard InChI is InChI=1S/C23H25N3S/c1-15-9-11-18-20(13-15)27-22(25-18)16(14-24)10-12-21-23(2,3)17-7-5-6-8-19(17)26(21)4/h5-8,10,12,15H,9,11,13H2,1-4H3. The molecule has 3 nitrogen and oxygen atoms in total. The summed E-state index contributed by atoms with van der Waals surface area (Å²) in [5, 5.41) is 10.6. The third-order valence-electron chi connectivity index (χ3n) is 5.89. The molecule has 0 radical (unpaired) electrons. The molecule has 27 heavy (non-hydrogen) atoms. The van der Waals surface area contributed by atoms with Crippen molar-refractivity contribution in [3.63, 3.8) is 0 Å². The van der Waals surface area contributed by atoms with Gasteiger partial charge >= 0.3 is 0 Å². The molecule has 4 rings (SSSR count). The molecule has 1 aliphatic carbocycles. The van der Waals surface area contributed by atoms with E-state index < -0.39 is 0 Å². The quantitative estimate of drug-likeness (QED) is 0.652. The van der Waals surface area contributed by atoms with Gasteiger partial charge < -0.3 is 4.90 Å². The highest BCUT2D eigenvalue weighted by Gasteiger charge is 2.37. The molecule has 0 spiro atoms. The van der Waals surface area contributed by atoms with Crippen molar-refractivity contribution < 1.29 is 0 Å². The second-order valence-corrected chi connectivity index (χ2v) is 9.27. The second kappa shape index (κ2) is 6.65. The van der Waals surface area contributed by atoms with Crippen molar-refractivity contribution in [1.29, 1.82) is 5.26 Å². The molecule has 0 N–H and O–H groups in total. The zero-order valence-electron chi connectivity index (χ0n) is 16.4. The molecule has 0 fully saturated rings. The van der Waals surface area contributed by atoms with Gasteiger partial charge in [0.05, 0.1) is 11.3 Å². The Labute approximate surface area is 165 Å². The van der Waals surface area contributed by atoms with Crippen LogP contribution in [-0.4, -0.2) is 12.0 Å². The summed E-state index contributed by atoms with van der Waals surface area (Å²) in [4.78, 5) is 8.38. The maximum Gasteiger partial charge on any atom is 0.134 e. The monoisotopic (exact) mass is 375 g/mol. The van der Waals surface area contributed by atoms with Gasteiger partial charge in [0.1, 0.15) is 11.1 Å². The Morgan fingerprint density at radius 1 is 1.37 bits per heavy atom. The first-order valence-electron chi connectivity index (χ1n) is 9.56. The maximum atomic E-state index is 9.74. The van der Waals surface area contributed by atoms with Gasteiger partial charge in [0, 0.05) is 28.7 Å². The van der Waals surface area contributed by atoms with Crippen molar-refractivity contribution in [2.24, 2.45) is 5.92 Å². The number of aromatic nitrogens is 1. The van der Waals surface area contributed by atoms with Gasteiger partial charge in [-0.05, 0) is 49.0 Å². The van der Waals surface area contributed by atoms with E-state index in [1.807, 2.05) is 6.08 Å². The van der Waals surface area contributed by atoms with E-state index in [0.717, 1.165) is 17.8 Å². The number of fused-ring (bicyclic) bond motifs is 2. The van der Waals surface area contributed by atoms with E-state index in [9.17, 15) is 5.26 Å². The lowest BCUT2D eigenvalue weighted by atomic mass is 9.83. The van der Waals surface area contributed by atoms with E-state index >= 15 is 0 Å². The van der Waals surface area contributed by atoms with Gasteiger partial charge in [-0.2, -0.15) is 5.26 Å². The Morgan fingerprint density at radius 3 is 2.89 bits per heavy atom. The highest BCUT2D eigenvalue weighted by molar-refractivity contribution is 7.13. The minimum atomic E-state index is -0.0834. The van der Waals surface area contributed by atoms with Crippen LogP contribution in [0.4, 0.5) is 5.69 Å². The average Bonchev–Trinajstić information content (AvgIpc) is 3.14. The summed E-state index contributed by atoms with van der Waals surface area (Å²) in [5.41, 5.74) is 5.54. The lowest BCUT2D eigenvalue weighted by molar-refractivity contribution is 0.502. The largest absolute Gasteiger partial charge is 0.347 e. The molecule has 1 atom stereocenters. The van der Waals surface area contributed by atoms with E-state index in [2.05, 4.69) is 69.1 Å². The summed E-state index contributed by atoms with van der Waals surface area (Å²) in [5.74, 6) is 0.717. The number of para-hydroxylation sites is 1. The summed E-state index contributed by atoms with van der Waals surface area (Å²) >= 11 is 1.70. The number of likely N-dealkylation sites (N-methyl/N-ethyl adjacent to an activating group) is 1. The van der Waals surface area contributed by atoms with Crippen LogP contribution in [0.2, 0.25) is 0 Å². The zero-order valence-corrected chi connectivity index (χ0v) is 17.2. The normalized spacial score (nSPS) is 22.5. The van der Waals surface area contributed by atoms with Gasteiger partial charge in [0.15, 0.2) is 0 Å². The minimum Gasteiger partial charge on any atom is -0.347 e. The fraction of sp³-hybridized carbons (Fsp3) is 0.391. The van der Waals surface area contributed by atoms with Gasteiger partial charge in [-0.1, -0.05) is 39.0 Å². The maximum absolute atomic E-state index is 9.74. The number of anilines is 1. The number of thiazole rings is 1. The van der Waals surface area contributed by atoms with E-state index in [4.69, 9.17) is 4.98 Å². The first kappa shape index (κ1) is 18.0. The SMILES string of the molecule is CC1CCc2nc(C(C#N)=CC=C3N(C)c4ccccc4C3(C)C)sc2C1. The molecule has 1 unspecified atom stereocenters. The second-order valence-electron chi connectivity index (χ2n) is 8.18. The van der Waals surface area contributed by atoms with Gasteiger partial charge in [0.2, 0.25) is 0 Å². The fourth-order valence-electron chi connectivity index (χ4n) is 4.28. The van der Waals surface area contributed by atoms with Gasteiger partial charge in [-0.25, -0.2) is 4.98 Å². The predicted molar refractivity (Wildman–Crippen MR) is 113 cm³/mol. The van der Waals surface area contributed by atoms with Crippen LogP contribution in [0.1, 0.15) is 48.3 Å². The molecule has 0 saturated carbocycles. The zero-order chi connectivity index (χ0) is 19.2.